The quantitative estimate of drug-likeness (QED) is 0.265. The standard InChI is InChI=1S/C34H48N8O6/c1-20(2)17-41(31(43)28(21(3)4)39-33(45)47-8)19-27-35-15-24(37-27)12-10-11-13-25-16-36-30(38-25)26-14-23(7)18-42(26)32(44)29(22(5)6)40-34(46)48-9/h15-16,20-23,26,28-29H,14,17-19H2,1-9H3,(H,35,37)(H,36,38)(H,39,45)(H,40,46). The van der Waals surface area contributed by atoms with Crippen molar-refractivity contribution in [2.45, 2.75) is 79.6 Å². The molecule has 4 atom stereocenters. The van der Waals surface area contributed by atoms with E-state index in [4.69, 9.17) is 9.47 Å². The van der Waals surface area contributed by atoms with Gasteiger partial charge in [0.25, 0.3) is 0 Å². The van der Waals surface area contributed by atoms with Crippen molar-refractivity contribution in [3.8, 4) is 23.7 Å². The van der Waals surface area contributed by atoms with E-state index in [1.165, 1.54) is 14.2 Å². The maximum Gasteiger partial charge on any atom is 0.407 e. The van der Waals surface area contributed by atoms with E-state index in [0.29, 0.717) is 36.1 Å². The van der Waals surface area contributed by atoms with Gasteiger partial charge in [0.2, 0.25) is 11.8 Å². The van der Waals surface area contributed by atoms with Crippen molar-refractivity contribution in [3.63, 3.8) is 0 Å². The van der Waals surface area contributed by atoms with Gasteiger partial charge in [-0.2, -0.15) is 0 Å². The van der Waals surface area contributed by atoms with Crippen LogP contribution in [0, 0.1) is 47.4 Å². The number of aromatic nitrogens is 4. The van der Waals surface area contributed by atoms with Gasteiger partial charge in [-0.1, -0.05) is 48.5 Å². The second-order valence-electron chi connectivity index (χ2n) is 13.1. The summed E-state index contributed by atoms with van der Waals surface area (Å²) < 4.78 is 9.43. The monoisotopic (exact) mass is 664 g/mol. The Balaban J connectivity index is 1.70. The number of carbonyl (C=O) groups excluding carboxylic acids is 4. The minimum Gasteiger partial charge on any atom is -0.453 e. The second kappa shape index (κ2) is 17.3. The molecule has 0 aliphatic carbocycles. The Hall–Kier alpha value is -4.98. The van der Waals surface area contributed by atoms with E-state index < -0.39 is 24.3 Å². The highest BCUT2D eigenvalue weighted by molar-refractivity contribution is 5.87. The maximum absolute atomic E-state index is 13.5. The lowest BCUT2D eigenvalue weighted by Gasteiger charge is -2.30. The predicted octanol–water partition coefficient (Wildman–Crippen LogP) is 3.19. The largest absolute Gasteiger partial charge is 0.453 e. The number of nitrogens with zero attached hydrogens (tertiary/aromatic N) is 4. The normalized spacial score (nSPS) is 16.8. The van der Waals surface area contributed by atoms with Crippen LogP contribution in [0.5, 0.6) is 0 Å². The van der Waals surface area contributed by atoms with Crippen LogP contribution in [0.4, 0.5) is 9.59 Å². The number of H-pyrrole nitrogens is 2. The molecule has 0 radical (unpaired) electrons. The van der Waals surface area contributed by atoms with Gasteiger partial charge in [-0.25, -0.2) is 19.6 Å². The molecule has 14 heteroatoms. The Labute approximate surface area is 282 Å². The average molecular weight is 665 g/mol. The number of carbonyl (C=O) groups is 4. The third kappa shape index (κ3) is 10.3. The number of likely N-dealkylation sites (tertiary alicyclic amines) is 1. The number of alkyl carbamates (subject to hydrolysis) is 2. The summed E-state index contributed by atoms with van der Waals surface area (Å²) in [4.78, 5) is 69.3. The molecule has 3 heterocycles. The molecular weight excluding hydrogens is 616 g/mol. The van der Waals surface area contributed by atoms with Gasteiger partial charge in [0.1, 0.15) is 35.1 Å². The molecular formula is C34H48N8O6. The summed E-state index contributed by atoms with van der Waals surface area (Å²) in [6.07, 6.45) is 2.59. The lowest BCUT2D eigenvalue weighted by molar-refractivity contribution is -0.136. The zero-order valence-corrected chi connectivity index (χ0v) is 29.3. The predicted molar refractivity (Wildman–Crippen MR) is 178 cm³/mol. The number of hydrogen-bond donors (Lipinski definition) is 4. The number of rotatable bonds is 11. The van der Waals surface area contributed by atoms with Crippen molar-refractivity contribution >= 4 is 24.0 Å². The fourth-order valence-electron chi connectivity index (χ4n) is 5.45. The van der Waals surface area contributed by atoms with E-state index >= 15 is 0 Å². The molecule has 1 aliphatic rings. The maximum atomic E-state index is 13.5. The number of imidazole rings is 2. The molecule has 0 saturated carbocycles. The zero-order chi connectivity index (χ0) is 35.5. The number of ether oxygens (including phenoxy) is 2. The summed E-state index contributed by atoms with van der Waals surface area (Å²) in [5, 5.41) is 5.30. The number of aromatic amines is 2. The first-order valence-corrected chi connectivity index (χ1v) is 16.1. The third-order valence-electron chi connectivity index (χ3n) is 7.81. The van der Waals surface area contributed by atoms with Crippen LogP contribution >= 0.6 is 0 Å². The molecule has 3 rings (SSSR count). The molecule has 2 aromatic heterocycles. The second-order valence-corrected chi connectivity index (χ2v) is 13.1. The molecule has 4 unspecified atom stereocenters. The molecule has 4 N–H and O–H groups in total. The summed E-state index contributed by atoms with van der Waals surface area (Å²) in [5.41, 5.74) is 1.08. The van der Waals surface area contributed by atoms with Gasteiger partial charge < -0.3 is 39.9 Å². The molecule has 4 amide bonds. The number of hydrogen-bond acceptors (Lipinski definition) is 8. The Kier molecular flexibility index (Phi) is 13.5. The van der Waals surface area contributed by atoms with E-state index in [2.05, 4.69) is 61.2 Å². The number of amides is 4. The van der Waals surface area contributed by atoms with Crippen molar-refractivity contribution in [1.82, 2.24) is 40.4 Å². The summed E-state index contributed by atoms with van der Waals surface area (Å²) in [7, 11) is 2.53. The van der Waals surface area contributed by atoms with Crippen LogP contribution < -0.4 is 10.6 Å². The van der Waals surface area contributed by atoms with E-state index in [9.17, 15) is 19.2 Å². The Morgan fingerprint density at radius 1 is 0.917 bits per heavy atom. The van der Waals surface area contributed by atoms with Gasteiger partial charge in [-0.15, -0.1) is 0 Å². The van der Waals surface area contributed by atoms with Crippen LogP contribution in [0.15, 0.2) is 12.4 Å². The van der Waals surface area contributed by atoms with Gasteiger partial charge >= 0.3 is 12.2 Å². The van der Waals surface area contributed by atoms with Crippen molar-refractivity contribution in [2.24, 2.45) is 23.7 Å². The summed E-state index contributed by atoms with van der Waals surface area (Å²) in [5.74, 6) is 12.4. The minimum atomic E-state index is -0.746. The van der Waals surface area contributed by atoms with Gasteiger partial charge in [-0.05, 0) is 53.8 Å². The Morgan fingerprint density at radius 2 is 1.48 bits per heavy atom. The van der Waals surface area contributed by atoms with E-state index in [1.807, 2.05) is 41.5 Å². The molecule has 0 spiro atoms. The molecule has 2 aromatic rings. The van der Waals surface area contributed by atoms with E-state index in [-0.39, 0.29) is 48.1 Å². The smallest absolute Gasteiger partial charge is 0.407 e. The van der Waals surface area contributed by atoms with Crippen LogP contribution in [0.25, 0.3) is 0 Å². The highest BCUT2D eigenvalue weighted by Gasteiger charge is 2.40. The molecule has 260 valence electrons. The fraction of sp³-hybridized carbons (Fsp3) is 0.588. The van der Waals surface area contributed by atoms with Crippen LogP contribution in [-0.4, -0.2) is 93.1 Å². The lowest BCUT2D eigenvalue weighted by atomic mass is 10.0. The van der Waals surface area contributed by atoms with Crippen LogP contribution in [-0.2, 0) is 25.6 Å². The molecule has 14 nitrogen and oxygen atoms in total. The van der Waals surface area contributed by atoms with Gasteiger partial charge in [-0.3, -0.25) is 9.59 Å². The molecule has 1 saturated heterocycles. The van der Waals surface area contributed by atoms with Gasteiger partial charge in [0.15, 0.2) is 0 Å². The molecule has 0 aromatic carbocycles. The van der Waals surface area contributed by atoms with Gasteiger partial charge in [0.05, 0.1) is 39.2 Å². The molecule has 1 aliphatic heterocycles. The van der Waals surface area contributed by atoms with Gasteiger partial charge in [0, 0.05) is 13.1 Å². The fourth-order valence-corrected chi connectivity index (χ4v) is 5.45. The molecule has 0 bridgehead atoms. The zero-order valence-electron chi connectivity index (χ0n) is 29.3. The van der Waals surface area contributed by atoms with Crippen molar-refractivity contribution in [3.05, 3.63) is 35.4 Å². The molecule has 1 fully saturated rings. The van der Waals surface area contributed by atoms with E-state index in [1.54, 1.807) is 22.2 Å². The third-order valence-corrected chi connectivity index (χ3v) is 7.81. The first-order valence-electron chi connectivity index (χ1n) is 16.1. The van der Waals surface area contributed by atoms with E-state index in [0.717, 1.165) is 6.42 Å². The topological polar surface area (TPSA) is 175 Å². The molecule has 48 heavy (non-hydrogen) atoms. The number of nitrogens with one attached hydrogen (secondary N) is 4. The first-order chi connectivity index (χ1) is 22.7. The highest BCUT2D eigenvalue weighted by atomic mass is 16.5. The van der Waals surface area contributed by atoms with Crippen LogP contribution in [0.2, 0.25) is 0 Å². The summed E-state index contributed by atoms with van der Waals surface area (Å²) in [6.45, 7) is 14.8. The Morgan fingerprint density at radius 3 is 2.04 bits per heavy atom. The van der Waals surface area contributed by atoms with Crippen LogP contribution in [0.1, 0.15) is 84.0 Å². The first kappa shape index (κ1) is 37.5. The van der Waals surface area contributed by atoms with Crippen LogP contribution in [0.3, 0.4) is 0 Å². The number of methoxy groups -OCH3 is 2. The Bertz CT molecular complexity index is 1560. The summed E-state index contributed by atoms with van der Waals surface area (Å²) in [6, 6.07) is -1.76. The summed E-state index contributed by atoms with van der Waals surface area (Å²) >= 11 is 0. The lowest BCUT2D eigenvalue weighted by Crippen LogP contribution is -2.51. The van der Waals surface area contributed by atoms with Crippen molar-refractivity contribution in [1.29, 1.82) is 0 Å². The van der Waals surface area contributed by atoms with Crippen molar-refractivity contribution in [2.75, 3.05) is 27.3 Å². The van der Waals surface area contributed by atoms with Crippen molar-refractivity contribution < 1.29 is 28.7 Å². The SMILES string of the molecule is COC(=O)NC(C(=O)N(Cc1ncc(C#CC#Cc2cnc(C3CC(C)CN3C(=O)C(NC(=O)OC)C(C)C)[nH]2)[nH]1)CC(C)C)C(C)C. The minimum absolute atomic E-state index is 0.134. The highest BCUT2D eigenvalue weighted by Crippen LogP contribution is 2.34. The average Bonchev–Trinajstić information content (AvgIpc) is 3.79.